The first kappa shape index (κ1) is 18.6. The highest BCUT2D eigenvalue weighted by Crippen LogP contribution is 2.45. The zero-order valence-electron chi connectivity index (χ0n) is 17.8. The number of rotatable bonds is 4. The number of hydrogen-bond donors (Lipinski definition) is 2. The molecule has 31 heavy (non-hydrogen) atoms. The first-order chi connectivity index (χ1) is 15.3. The quantitative estimate of drug-likeness (QED) is 0.456. The Hall–Kier alpha value is -3.18. The zero-order chi connectivity index (χ0) is 20.8. The van der Waals surface area contributed by atoms with E-state index in [1.54, 1.807) is 6.33 Å². The van der Waals surface area contributed by atoms with Gasteiger partial charge in [-0.05, 0) is 54.5 Å². The number of aromatic amines is 2. The largest absolute Gasteiger partial charge is 0.345 e. The van der Waals surface area contributed by atoms with Crippen LogP contribution in [0.25, 0.3) is 33.6 Å². The van der Waals surface area contributed by atoms with E-state index in [-0.39, 0.29) is 0 Å². The van der Waals surface area contributed by atoms with Gasteiger partial charge in [-0.25, -0.2) is 9.97 Å². The van der Waals surface area contributed by atoms with E-state index in [1.165, 1.54) is 42.4 Å². The second kappa shape index (κ2) is 7.50. The van der Waals surface area contributed by atoms with Crippen molar-refractivity contribution in [3.63, 3.8) is 0 Å². The Morgan fingerprint density at radius 2 is 1.52 bits per heavy atom. The highest BCUT2D eigenvalue weighted by Gasteiger charge is 2.43. The van der Waals surface area contributed by atoms with E-state index >= 15 is 0 Å². The minimum atomic E-state index is 0.428. The highest BCUT2D eigenvalue weighted by molar-refractivity contribution is 5.71. The molecule has 1 aliphatic carbocycles. The van der Waals surface area contributed by atoms with Crippen LogP contribution in [0.15, 0.2) is 67.3 Å². The number of H-pyrrole nitrogens is 2. The van der Waals surface area contributed by atoms with Crippen molar-refractivity contribution in [3.8, 4) is 33.6 Å². The summed E-state index contributed by atoms with van der Waals surface area (Å²) in [4.78, 5) is 18.2. The third-order valence-corrected chi connectivity index (χ3v) is 7.29. The standard InChI is InChI=1S/C26H27N5/c1-31-24-4-2-3-21(24)13-25(31)26-28-15-23(30-26)20-11-7-18(8-12-20)17-5-9-19(10-6-17)22-14-27-16-29-22/h5-12,14-16,21,24-25H,2-4,13H2,1H3,(H,27,29)(H,28,30)/t21-,24-,25+/m1/s1. The average molecular weight is 410 g/mol. The van der Waals surface area contributed by atoms with E-state index in [0.717, 1.165) is 34.7 Å². The van der Waals surface area contributed by atoms with E-state index < -0.39 is 0 Å². The summed E-state index contributed by atoms with van der Waals surface area (Å²) in [5, 5.41) is 0. The lowest BCUT2D eigenvalue weighted by atomic mass is 10.0. The van der Waals surface area contributed by atoms with Gasteiger partial charge < -0.3 is 9.97 Å². The smallest absolute Gasteiger partial charge is 0.123 e. The monoisotopic (exact) mass is 409 g/mol. The van der Waals surface area contributed by atoms with Crippen LogP contribution in [0, 0.1) is 5.92 Å². The van der Waals surface area contributed by atoms with Crippen molar-refractivity contribution < 1.29 is 0 Å². The van der Waals surface area contributed by atoms with E-state index in [4.69, 9.17) is 4.98 Å². The van der Waals surface area contributed by atoms with Gasteiger partial charge in [0.15, 0.2) is 0 Å². The summed E-state index contributed by atoms with van der Waals surface area (Å²) >= 11 is 0. The Balaban J connectivity index is 1.20. The van der Waals surface area contributed by atoms with Crippen LogP contribution in [-0.2, 0) is 0 Å². The SMILES string of the molecule is CN1[C@@H]2CCC[C@@H]2C[C@H]1c1ncc(-c2ccc(-c3ccc(-c4cnc[nH]4)cc3)cc2)[nH]1. The molecule has 3 heterocycles. The van der Waals surface area contributed by atoms with Crippen LogP contribution in [0.2, 0.25) is 0 Å². The zero-order valence-corrected chi connectivity index (χ0v) is 17.8. The first-order valence-corrected chi connectivity index (χ1v) is 11.2. The lowest BCUT2D eigenvalue weighted by Gasteiger charge is -2.23. The van der Waals surface area contributed by atoms with Crippen LogP contribution in [0.4, 0.5) is 0 Å². The predicted molar refractivity (Wildman–Crippen MR) is 123 cm³/mol. The second-order valence-corrected chi connectivity index (χ2v) is 8.98. The third kappa shape index (κ3) is 3.29. The average Bonchev–Trinajstić information content (AvgIpc) is 3.60. The molecule has 5 heteroatoms. The molecule has 3 atom stereocenters. The second-order valence-electron chi connectivity index (χ2n) is 8.98. The Labute approximate surface area is 182 Å². The normalized spacial score (nSPS) is 23.3. The van der Waals surface area contributed by atoms with Crippen LogP contribution >= 0.6 is 0 Å². The number of benzene rings is 2. The van der Waals surface area contributed by atoms with Crippen molar-refractivity contribution in [1.82, 2.24) is 24.8 Å². The molecule has 0 bridgehead atoms. The van der Waals surface area contributed by atoms with Crippen molar-refractivity contribution in [3.05, 3.63) is 73.1 Å². The summed E-state index contributed by atoms with van der Waals surface area (Å²) in [5.74, 6) is 1.97. The molecule has 2 aliphatic rings. The predicted octanol–water partition coefficient (Wildman–Crippen LogP) is 5.68. The van der Waals surface area contributed by atoms with Gasteiger partial charge in [0.05, 0.1) is 36.2 Å². The molecule has 2 N–H and O–H groups in total. The number of likely N-dealkylation sites (tertiary alicyclic amines) is 1. The first-order valence-electron chi connectivity index (χ1n) is 11.2. The molecule has 2 aromatic carbocycles. The van der Waals surface area contributed by atoms with Crippen LogP contribution in [-0.4, -0.2) is 37.9 Å². The maximum atomic E-state index is 4.76. The summed E-state index contributed by atoms with van der Waals surface area (Å²) in [5.41, 5.74) is 6.87. The summed E-state index contributed by atoms with van der Waals surface area (Å²) in [6.07, 6.45) is 10.9. The summed E-state index contributed by atoms with van der Waals surface area (Å²) in [6.45, 7) is 0. The van der Waals surface area contributed by atoms with Crippen LogP contribution in [0.3, 0.4) is 0 Å². The van der Waals surface area contributed by atoms with Gasteiger partial charge in [-0.15, -0.1) is 0 Å². The molecule has 2 fully saturated rings. The van der Waals surface area contributed by atoms with Crippen molar-refractivity contribution in [2.24, 2.45) is 5.92 Å². The molecular formula is C26H27N5. The fourth-order valence-electron chi connectivity index (χ4n) is 5.57. The van der Waals surface area contributed by atoms with Crippen LogP contribution in [0.1, 0.15) is 37.5 Å². The van der Waals surface area contributed by atoms with Crippen molar-refractivity contribution in [2.75, 3.05) is 7.05 Å². The van der Waals surface area contributed by atoms with Crippen molar-refractivity contribution in [1.29, 1.82) is 0 Å². The molecule has 0 amide bonds. The van der Waals surface area contributed by atoms with Gasteiger partial charge in [-0.3, -0.25) is 4.90 Å². The molecule has 0 unspecified atom stereocenters. The molecule has 0 spiro atoms. The maximum Gasteiger partial charge on any atom is 0.123 e. The molecule has 0 radical (unpaired) electrons. The molecule has 4 aromatic rings. The Morgan fingerprint density at radius 1 is 0.839 bits per heavy atom. The number of imidazole rings is 2. The van der Waals surface area contributed by atoms with E-state index in [0.29, 0.717) is 6.04 Å². The fourth-order valence-corrected chi connectivity index (χ4v) is 5.57. The minimum absolute atomic E-state index is 0.428. The maximum absolute atomic E-state index is 4.76. The molecule has 2 aromatic heterocycles. The fraction of sp³-hybridized carbons (Fsp3) is 0.308. The van der Waals surface area contributed by atoms with Crippen LogP contribution in [0.5, 0.6) is 0 Å². The molecule has 1 saturated carbocycles. The number of aromatic nitrogens is 4. The number of hydrogen-bond acceptors (Lipinski definition) is 3. The summed E-state index contributed by atoms with van der Waals surface area (Å²) < 4.78 is 0. The lowest BCUT2D eigenvalue weighted by molar-refractivity contribution is 0.229. The number of fused-ring (bicyclic) bond motifs is 1. The van der Waals surface area contributed by atoms with Crippen molar-refractivity contribution >= 4 is 0 Å². The van der Waals surface area contributed by atoms with Crippen molar-refractivity contribution in [2.45, 2.75) is 37.8 Å². The minimum Gasteiger partial charge on any atom is -0.345 e. The number of nitrogens with one attached hydrogen (secondary N) is 2. The molecule has 6 rings (SSSR count). The summed E-state index contributed by atoms with van der Waals surface area (Å²) in [7, 11) is 2.27. The van der Waals surface area contributed by atoms with E-state index in [1.807, 2.05) is 12.4 Å². The number of nitrogens with zero attached hydrogens (tertiary/aromatic N) is 3. The van der Waals surface area contributed by atoms with Gasteiger partial charge in [0.1, 0.15) is 5.82 Å². The molecular weight excluding hydrogens is 382 g/mol. The molecule has 5 nitrogen and oxygen atoms in total. The van der Waals surface area contributed by atoms with Gasteiger partial charge in [-0.2, -0.15) is 0 Å². The topological polar surface area (TPSA) is 60.6 Å². The highest BCUT2D eigenvalue weighted by atomic mass is 15.2. The Morgan fingerprint density at radius 3 is 2.16 bits per heavy atom. The van der Waals surface area contributed by atoms with Gasteiger partial charge >= 0.3 is 0 Å². The van der Waals surface area contributed by atoms with Crippen LogP contribution < -0.4 is 0 Å². The van der Waals surface area contributed by atoms with Gasteiger partial charge in [0.25, 0.3) is 0 Å². The van der Waals surface area contributed by atoms with Gasteiger partial charge in [0.2, 0.25) is 0 Å². The Bertz CT molecular complexity index is 1160. The summed E-state index contributed by atoms with van der Waals surface area (Å²) in [6, 6.07) is 18.5. The van der Waals surface area contributed by atoms with Gasteiger partial charge in [0, 0.05) is 6.04 Å². The lowest BCUT2D eigenvalue weighted by Crippen LogP contribution is -2.28. The Kier molecular flexibility index (Phi) is 4.50. The molecule has 1 saturated heterocycles. The van der Waals surface area contributed by atoms with E-state index in [9.17, 15) is 0 Å². The third-order valence-electron chi connectivity index (χ3n) is 7.29. The molecule has 156 valence electrons. The van der Waals surface area contributed by atoms with Gasteiger partial charge in [-0.1, -0.05) is 55.0 Å². The van der Waals surface area contributed by atoms with E-state index in [2.05, 4.69) is 75.4 Å². The molecule has 1 aliphatic heterocycles.